The van der Waals surface area contributed by atoms with Gasteiger partial charge in [0, 0.05) is 18.2 Å². The Morgan fingerprint density at radius 3 is 3.00 bits per heavy atom. The summed E-state index contributed by atoms with van der Waals surface area (Å²) in [4.78, 5) is 14.3. The maximum atomic E-state index is 10.4. The van der Waals surface area contributed by atoms with E-state index in [4.69, 9.17) is 21.4 Å². The van der Waals surface area contributed by atoms with Gasteiger partial charge in [-0.1, -0.05) is 11.6 Å². The number of carboxylic acid groups (broad SMARTS) is 1. The zero-order chi connectivity index (χ0) is 10.6. The molecule has 76 valence electrons. The Bertz CT molecular complexity index is 341. The highest BCUT2D eigenvalue weighted by molar-refractivity contribution is 6.30. The molecule has 0 aliphatic rings. The van der Waals surface area contributed by atoms with E-state index in [1.807, 2.05) is 0 Å². The summed E-state index contributed by atoms with van der Waals surface area (Å²) in [7, 11) is 1.49. The van der Waals surface area contributed by atoms with Crippen molar-refractivity contribution >= 4 is 17.6 Å². The van der Waals surface area contributed by atoms with E-state index in [0.29, 0.717) is 22.9 Å². The van der Waals surface area contributed by atoms with Crippen LogP contribution in [0.5, 0.6) is 5.88 Å². The summed E-state index contributed by atoms with van der Waals surface area (Å²) in [6.07, 6.45) is 1.87. The number of nitrogens with zero attached hydrogens (tertiary/aromatic N) is 1. The topological polar surface area (TPSA) is 59.4 Å². The number of carbonyl (C=O) groups is 1. The Kier molecular flexibility index (Phi) is 3.71. The number of halogens is 1. The van der Waals surface area contributed by atoms with Crippen LogP contribution < -0.4 is 4.74 Å². The summed E-state index contributed by atoms with van der Waals surface area (Å²) in [5.74, 6) is -0.428. The Hall–Kier alpha value is -1.29. The molecule has 0 aromatic carbocycles. The Labute approximate surface area is 86.5 Å². The second-order valence-corrected chi connectivity index (χ2v) is 3.15. The van der Waals surface area contributed by atoms with Crippen molar-refractivity contribution in [3.8, 4) is 5.88 Å². The van der Waals surface area contributed by atoms with Gasteiger partial charge in [-0.25, -0.2) is 4.98 Å². The molecule has 0 atom stereocenters. The average Bonchev–Trinajstić information content (AvgIpc) is 2.15. The first-order chi connectivity index (χ1) is 6.63. The first kappa shape index (κ1) is 10.8. The summed E-state index contributed by atoms with van der Waals surface area (Å²) < 4.78 is 4.97. The minimum Gasteiger partial charge on any atom is -0.481 e. The molecule has 1 N–H and O–H groups in total. The van der Waals surface area contributed by atoms with Crippen LogP contribution in [0, 0.1) is 0 Å². The molecule has 14 heavy (non-hydrogen) atoms. The number of methoxy groups -OCH3 is 1. The number of ether oxygens (including phenoxy) is 1. The molecule has 1 heterocycles. The highest BCUT2D eigenvalue weighted by Crippen LogP contribution is 2.20. The number of hydrogen-bond acceptors (Lipinski definition) is 3. The molecule has 1 rings (SSSR count). The number of carboxylic acids is 1. The number of rotatable bonds is 4. The average molecular weight is 216 g/mol. The molecule has 0 aliphatic heterocycles. The van der Waals surface area contributed by atoms with E-state index < -0.39 is 5.97 Å². The molecule has 0 radical (unpaired) electrons. The smallest absolute Gasteiger partial charge is 0.303 e. The van der Waals surface area contributed by atoms with Crippen molar-refractivity contribution < 1.29 is 14.6 Å². The summed E-state index contributed by atoms with van der Waals surface area (Å²) in [6, 6.07) is 1.66. The Morgan fingerprint density at radius 1 is 1.71 bits per heavy atom. The zero-order valence-corrected chi connectivity index (χ0v) is 8.41. The molecular formula is C9H10ClNO3. The van der Waals surface area contributed by atoms with Crippen LogP contribution in [0.15, 0.2) is 12.3 Å². The number of aryl methyl sites for hydroxylation is 1. The quantitative estimate of drug-likeness (QED) is 0.832. The summed E-state index contributed by atoms with van der Waals surface area (Å²) in [5.41, 5.74) is 0.711. The predicted molar refractivity (Wildman–Crippen MR) is 51.8 cm³/mol. The second kappa shape index (κ2) is 4.81. The van der Waals surface area contributed by atoms with Crippen LogP contribution in [0.1, 0.15) is 12.0 Å². The van der Waals surface area contributed by atoms with Crippen molar-refractivity contribution in [2.75, 3.05) is 7.11 Å². The van der Waals surface area contributed by atoms with Crippen LogP contribution in [-0.4, -0.2) is 23.2 Å². The van der Waals surface area contributed by atoms with Crippen LogP contribution in [0.25, 0.3) is 0 Å². The molecule has 4 nitrogen and oxygen atoms in total. The number of aliphatic carboxylic acids is 1. The van der Waals surface area contributed by atoms with Crippen molar-refractivity contribution in [2.24, 2.45) is 0 Å². The van der Waals surface area contributed by atoms with Crippen LogP contribution in [-0.2, 0) is 11.2 Å². The first-order valence-corrected chi connectivity index (χ1v) is 4.41. The van der Waals surface area contributed by atoms with Gasteiger partial charge in [0.25, 0.3) is 0 Å². The van der Waals surface area contributed by atoms with E-state index in [0.717, 1.165) is 0 Å². The molecule has 0 unspecified atom stereocenters. The lowest BCUT2D eigenvalue weighted by Gasteiger charge is -2.05. The van der Waals surface area contributed by atoms with Gasteiger partial charge in [0.1, 0.15) is 0 Å². The molecule has 0 fully saturated rings. The summed E-state index contributed by atoms with van der Waals surface area (Å²) in [6.45, 7) is 0. The lowest BCUT2D eigenvalue weighted by atomic mass is 10.1. The lowest BCUT2D eigenvalue weighted by Crippen LogP contribution is -2.00. The van der Waals surface area contributed by atoms with Crippen LogP contribution in [0.3, 0.4) is 0 Å². The van der Waals surface area contributed by atoms with Gasteiger partial charge in [-0.3, -0.25) is 4.79 Å². The molecule has 1 aromatic rings. The number of hydrogen-bond donors (Lipinski definition) is 1. The van der Waals surface area contributed by atoms with Gasteiger partial charge >= 0.3 is 5.97 Å². The van der Waals surface area contributed by atoms with Crippen molar-refractivity contribution in [1.82, 2.24) is 4.98 Å². The van der Waals surface area contributed by atoms with E-state index in [1.54, 1.807) is 6.07 Å². The van der Waals surface area contributed by atoms with Gasteiger partial charge in [-0.15, -0.1) is 0 Å². The third-order valence-corrected chi connectivity index (χ3v) is 1.90. The Morgan fingerprint density at radius 2 is 2.43 bits per heavy atom. The van der Waals surface area contributed by atoms with Gasteiger partial charge < -0.3 is 9.84 Å². The highest BCUT2D eigenvalue weighted by atomic mass is 35.5. The molecule has 0 bridgehead atoms. The number of pyridine rings is 1. The normalized spacial score (nSPS) is 9.86. The zero-order valence-electron chi connectivity index (χ0n) is 7.66. The van der Waals surface area contributed by atoms with Crippen molar-refractivity contribution in [3.05, 3.63) is 22.8 Å². The first-order valence-electron chi connectivity index (χ1n) is 4.03. The van der Waals surface area contributed by atoms with E-state index in [9.17, 15) is 4.79 Å². The molecular weight excluding hydrogens is 206 g/mol. The minimum atomic E-state index is -0.855. The van der Waals surface area contributed by atoms with Crippen molar-refractivity contribution in [3.63, 3.8) is 0 Å². The Balaban J connectivity index is 2.82. The fourth-order valence-corrected chi connectivity index (χ4v) is 1.25. The molecule has 0 saturated carbocycles. The molecule has 0 spiro atoms. The number of aromatic nitrogens is 1. The minimum absolute atomic E-state index is 0.0401. The van der Waals surface area contributed by atoms with Gasteiger partial charge in [0.2, 0.25) is 5.88 Å². The SMILES string of the molecule is COc1ncc(Cl)cc1CCC(=O)O. The van der Waals surface area contributed by atoms with E-state index in [-0.39, 0.29) is 6.42 Å². The molecule has 0 aliphatic carbocycles. The van der Waals surface area contributed by atoms with Crippen molar-refractivity contribution in [1.29, 1.82) is 0 Å². The van der Waals surface area contributed by atoms with Gasteiger partial charge in [-0.2, -0.15) is 0 Å². The van der Waals surface area contributed by atoms with Gasteiger partial charge in [0.05, 0.1) is 12.1 Å². The maximum absolute atomic E-state index is 10.4. The second-order valence-electron chi connectivity index (χ2n) is 2.72. The highest BCUT2D eigenvalue weighted by Gasteiger charge is 2.07. The summed E-state index contributed by atoms with van der Waals surface area (Å²) in [5, 5.41) is 8.99. The van der Waals surface area contributed by atoms with Gasteiger partial charge in [0.15, 0.2) is 0 Å². The fourth-order valence-electron chi connectivity index (χ4n) is 1.07. The van der Waals surface area contributed by atoms with E-state index >= 15 is 0 Å². The molecule has 0 saturated heterocycles. The third-order valence-electron chi connectivity index (χ3n) is 1.69. The van der Waals surface area contributed by atoms with Crippen molar-refractivity contribution in [2.45, 2.75) is 12.8 Å². The van der Waals surface area contributed by atoms with Crippen LogP contribution in [0.4, 0.5) is 0 Å². The molecule has 5 heteroatoms. The third kappa shape index (κ3) is 2.88. The van der Waals surface area contributed by atoms with Crippen LogP contribution in [0.2, 0.25) is 5.02 Å². The molecule has 0 amide bonds. The lowest BCUT2D eigenvalue weighted by molar-refractivity contribution is -0.136. The fraction of sp³-hybridized carbons (Fsp3) is 0.333. The standard InChI is InChI=1S/C9H10ClNO3/c1-14-9-6(2-3-8(12)13)4-7(10)5-11-9/h4-5H,2-3H2,1H3,(H,12,13). The largest absolute Gasteiger partial charge is 0.481 e. The van der Waals surface area contributed by atoms with Gasteiger partial charge in [-0.05, 0) is 12.5 Å². The monoisotopic (exact) mass is 215 g/mol. The summed E-state index contributed by atoms with van der Waals surface area (Å²) >= 11 is 5.72. The van der Waals surface area contributed by atoms with Crippen LogP contribution >= 0.6 is 11.6 Å². The van der Waals surface area contributed by atoms with E-state index in [2.05, 4.69) is 4.98 Å². The predicted octanol–water partition coefficient (Wildman–Crippen LogP) is 1.76. The molecule has 1 aromatic heterocycles. The van der Waals surface area contributed by atoms with E-state index in [1.165, 1.54) is 13.3 Å². The maximum Gasteiger partial charge on any atom is 0.303 e.